The van der Waals surface area contributed by atoms with E-state index < -0.39 is 11.9 Å². The van der Waals surface area contributed by atoms with Crippen LogP contribution < -0.4 is 9.91 Å². The number of amides is 1. The summed E-state index contributed by atoms with van der Waals surface area (Å²) < 4.78 is 5.82. The average Bonchev–Trinajstić information content (AvgIpc) is 3.33. The van der Waals surface area contributed by atoms with Crippen LogP contribution in [0.25, 0.3) is 6.08 Å². The molecule has 8 heteroatoms. The van der Waals surface area contributed by atoms with Crippen LogP contribution in [0.4, 0.5) is 11.6 Å². The molecule has 3 rings (SSSR count). The van der Waals surface area contributed by atoms with E-state index in [0.717, 1.165) is 5.01 Å². The van der Waals surface area contributed by atoms with Gasteiger partial charge in [-0.15, -0.1) is 13.2 Å². The third kappa shape index (κ3) is 4.53. The lowest BCUT2D eigenvalue weighted by Crippen LogP contribution is -2.22. The van der Waals surface area contributed by atoms with E-state index in [9.17, 15) is 14.4 Å². The summed E-state index contributed by atoms with van der Waals surface area (Å²) in [4.78, 5) is 38.0. The SMILES string of the molecule is C=CCN(CC=C)c1ccc(C=C2C(=O)N(c3ccc(C(=O)O)cc3)N=C2C(C)=O)o1. The Labute approximate surface area is 179 Å². The molecule has 31 heavy (non-hydrogen) atoms. The van der Waals surface area contributed by atoms with Crippen molar-refractivity contribution >= 4 is 41.0 Å². The second-order valence-electron chi connectivity index (χ2n) is 6.69. The number of hydrogen-bond donors (Lipinski definition) is 1. The van der Waals surface area contributed by atoms with Gasteiger partial charge in [-0.05, 0) is 36.4 Å². The highest BCUT2D eigenvalue weighted by Crippen LogP contribution is 2.27. The van der Waals surface area contributed by atoms with Crippen molar-refractivity contribution in [2.24, 2.45) is 5.10 Å². The summed E-state index contributed by atoms with van der Waals surface area (Å²) in [6, 6.07) is 9.09. The van der Waals surface area contributed by atoms with Crippen LogP contribution in [0, 0.1) is 0 Å². The van der Waals surface area contributed by atoms with E-state index in [4.69, 9.17) is 9.52 Å². The number of hydrazone groups is 1. The summed E-state index contributed by atoms with van der Waals surface area (Å²) >= 11 is 0. The lowest BCUT2D eigenvalue weighted by molar-refractivity contribution is -0.114. The fourth-order valence-electron chi connectivity index (χ4n) is 3.02. The van der Waals surface area contributed by atoms with Crippen molar-refractivity contribution in [3.63, 3.8) is 0 Å². The summed E-state index contributed by atoms with van der Waals surface area (Å²) in [5.74, 6) is -1.02. The van der Waals surface area contributed by atoms with Gasteiger partial charge in [0.15, 0.2) is 11.7 Å². The molecule has 1 N–H and O–H groups in total. The summed E-state index contributed by atoms with van der Waals surface area (Å²) in [5.41, 5.74) is 0.517. The topological polar surface area (TPSA) is 103 Å². The van der Waals surface area contributed by atoms with E-state index in [1.165, 1.54) is 37.3 Å². The molecule has 0 aliphatic carbocycles. The van der Waals surface area contributed by atoms with Crippen molar-refractivity contribution in [3.05, 3.63) is 78.6 Å². The van der Waals surface area contributed by atoms with Crippen LogP contribution in [0.5, 0.6) is 0 Å². The molecule has 0 unspecified atom stereocenters. The molecule has 1 aromatic heterocycles. The highest BCUT2D eigenvalue weighted by molar-refractivity contribution is 6.55. The Hall–Kier alpha value is -4.20. The zero-order valence-corrected chi connectivity index (χ0v) is 16.9. The summed E-state index contributed by atoms with van der Waals surface area (Å²) in [6.07, 6.45) is 4.94. The van der Waals surface area contributed by atoms with Crippen molar-refractivity contribution in [2.45, 2.75) is 6.92 Å². The van der Waals surface area contributed by atoms with Crippen molar-refractivity contribution < 1.29 is 23.9 Å². The van der Waals surface area contributed by atoms with Gasteiger partial charge in [-0.3, -0.25) is 9.59 Å². The fourth-order valence-corrected chi connectivity index (χ4v) is 3.02. The number of anilines is 2. The van der Waals surface area contributed by atoms with Crippen LogP contribution >= 0.6 is 0 Å². The number of ketones is 1. The Morgan fingerprint density at radius 3 is 2.32 bits per heavy atom. The first-order valence-electron chi connectivity index (χ1n) is 9.41. The molecule has 158 valence electrons. The van der Waals surface area contributed by atoms with Gasteiger partial charge in [0.2, 0.25) is 0 Å². The zero-order chi connectivity index (χ0) is 22.5. The van der Waals surface area contributed by atoms with Gasteiger partial charge < -0.3 is 14.4 Å². The predicted molar refractivity (Wildman–Crippen MR) is 118 cm³/mol. The number of carbonyl (C=O) groups is 3. The summed E-state index contributed by atoms with van der Waals surface area (Å²) in [7, 11) is 0. The first kappa shape index (κ1) is 21.5. The number of carboxylic acid groups (broad SMARTS) is 1. The molecule has 1 aliphatic rings. The van der Waals surface area contributed by atoms with Crippen molar-refractivity contribution in [3.8, 4) is 0 Å². The van der Waals surface area contributed by atoms with Crippen LogP contribution in [0.3, 0.4) is 0 Å². The smallest absolute Gasteiger partial charge is 0.335 e. The third-order valence-electron chi connectivity index (χ3n) is 4.48. The Morgan fingerprint density at radius 2 is 1.77 bits per heavy atom. The van der Waals surface area contributed by atoms with Gasteiger partial charge in [0, 0.05) is 26.1 Å². The van der Waals surface area contributed by atoms with E-state index >= 15 is 0 Å². The molecular formula is C23H21N3O5. The molecule has 0 fully saturated rings. The first-order valence-corrected chi connectivity index (χ1v) is 9.41. The average molecular weight is 419 g/mol. The Kier molecular flexibility index (Phi) is 6.30. The maximum absolute atomic E-state index is 13.0. The maximum Gasteiger partial charge on any atom is 0.335 e. The van der Waals surface area contributed by atoms with Crippen molar-refractivity contribution in [1.82, 2.24) is 0 Å². The fraction of sp³-hybridized carbons (Fsp3) is 0.130. The number of Topliss-reactive ketones (excluding diaryl/α,β-unsaturated/α-hetero) is 1. The number of carbonyl (C=O) groups excluding carboxylic acids is 2. The molecule has 1 aromatic carbocycles. The van der Waals surface area contributed by atoms with E-state index in [1.807, 2.05) is 4.90 Å². The largest absolute Gasteiger partial charge is 0.478 e. The maximum atomic E-state index is 13.0. The van der Waals surface area contributed by atoms with Gasteiger partial charge in [0.25, 0.3) is 5.91 Å². The second-order valence-corrected chi connectivity index (χ2v) is 6.69. The number of hydrogen-bond acceptors (Lipinski definition) is 6. The lowest BCUT2D eigenvalue weighted by Gasteiger charge is -2.17. The monoisotopic (exact) mass is 419 g/mol. The van der Waals surface area contributed by atoms with Crippen LogP contribution in [0.1, 0.15) is 23.0 Å². The van der Waals surface area contributed by atoms with E-state index in [0.29, 0.717) is 30.4 Å². The number of benzene rings is 1. The van der Waals surface area contributed by atoms with Crippen molar-refractivity contribution in [2.75, 3.05) is 23.0 Å². The summed E-state index contributed by atoms with van der Waals surface area (Å²) in [5, 5.41) is 14.3. The Balaban J connectivity index is 1.93. The number of carboxylic acids is 1. The molecule has 0 radical (unpaired) electrons. The van der Waals surface area contributed by atoms with Crippen LogP contribution in [-0.2, 0) is 9.59 Å². The molecular weight excluding hydrogens is 398 g/mol. The quantitative estimate of drug-likeness (QED) is 0.493. The minimum absolute atomic E-state index is 0.000648. The number of rotatable bonds is 9. The van der Waals surface area contributed by atoms with Crippen LogP contribution in [0.15, 0.2) is 76.8 Å². The van der Waals surface area contributed by atoms with E-state index in [-0.39, 0.29) is 22.6 Å². The van der Waals surface area contributed by atoms with E-state index in [1.54, 1.807) is 24.3 Å². The van der Waals surface area contributed by atoms with E-state index in [2.05, 4.69) is 18.3 Å². The van der Waals surface area contributed by atoms with Gasteiger partial charge in [0.1, 0.15) is 11.5 Å². The van der Waals surface area contributed by atoms with Gasteiger partial charge >= 0.3 is 5.97 Å². The number of aromatic carboxylic acids is 1. The molecule has 0 atom stereocenters. The molecule has 0 saturated heterocycles. The number of nitrogens with zero attached hydrogens (tertiary/aromatic N) is 3. The van der Waals surface area contributed by atoms with Crippen LogP contribution in [0.2, 0.25) is 0 Å². The zero-order valence-electron chi connectivity index (χ0n) is 16.9. The molecule has 2 heterocycles. The molecule has 8 nitrogen and oxygen atoms in total. The molecule has 1 aliphatic heterocycles. The molecule has 2 aromatic rings. The van der Waals surface area contributed by atoms with Crippen LogP contribution in [-0.4, -0.2) is 41.6 Å². The summed E-state index contributed by atoms with van der Waals surface area (Å²) in [6.45, 7) is 9.87. The predicted octanol–water partition coefficient (Wildman–Crippen LogP) is 3.53. The molecule has 0 spiro atoms. The molecule has 0 bridgehead atoms. The van der Waals surface area contributed by atoms with Gasteiger partial charge in [0.05, 0.1) is 16.8 Å². The van der Waals surface area contributed by atoms with Gasteiger partial charge in [-0.1, -0.05) is 12.2 Å². The highest BCUT2D eigenvalue weighted by Gasteiger charge is 2.34. The lowest BCUT2D eigenvalue weighted by atomic mass is 10.1. The van der Waals surface area contributed by atoms with Crippen molar-refractivity contribution in [1.29, 1.82) is 0 Å². The van der Waals surface area contributed by atoms with Gasteiger partial charge in [-0.2, -0.15) is 10.1 Å². The minimum atomic E-state index is -1.08. The first-order chi connectivity index (χ1) is 14.8. The second kappa shape index (κ2) is 9.08. The number of furan rings is 1. The van der Waals surface area contributed by atoms with Gasteiger partial charge in [-0.25, -0.2) is 4.79 Å². The standard InChI is InChI=1S/C23H21N3O5/c1-4-12-25(13-5-2)20-11-10-18(31-20)14-19-21(15(3)27)24-26(22(19)28)17-8-6-16(7-9-17)23(29)30/h4-11,14H,1-2,12-13H2,3H3,(H,29,30). The molecule has 1 amide bonds. The minimum Gasteiger partial charge on any atom is -0.478 e. The normalized spacial score (nSPS) is 14.5. The Morgan fingerprint density at radius 1 is 1.13 bits per heavy atom. The highest BCUT2D eigenvalue weighted by atomic mass is 16.4. The molecule has 0 saturated carbocycles. The third-order valence-corrected chi connectivity index (χ3v) is 4.48. The Bertz CT molecular complexity index is 1100.